The standard InChI is InChI=1S/C15H19O5PS/c1-4-19-21(18,20-5-2)10(3)11-6-7-13-12(8-11)9-14(22-13)15(16)17/h6-10H,4-5H2,1-3H3,(H,16,17)/t10-/m1/s1. The number of carbonyl (C=O) groups is 1. The molecule has 0 bridgehead atoms. The lowest BCUT2D eigenvalue weighted by molar-refractivity contribution is 0.0702. The topological polar surface area (TPSA) is 72.8 Å². The minimum Gasteiger partial charge on any atom is -0.477 e. The summed E-state index contributed by atoms with van der Waals surface area (Å²) in [6, 6.07) is 7.18. The van der Waals surface area contributed by atoms with Crippen molar-refractivity contribution in [2.75, 3.05) is 13.2 Å². The van der Waals surface area contributed by atoms with Crippen molar-refractivity contribution in [2.45, 2.75) is 26.4 Å². The highest BCUT2D eigenvalue weighted by atomic mass is 32.1. The summed E-state index contributed by atoms with van der Waals surface area (Å²) in [6.45, 7) is 5.98. The van der Waals surface area contributed by atoms with E-state index in [2.05, 4.69) is 0 Å². The third-order valence-corrected chi connectivity index (χ3v) is 6.91. The zero-order valence-electron chi connectivity index (χ0n) is 12.7. The molecule has 0 saturated carbocycles. The molecule has 0 amide bonds. The maximum absolute atomic E-state index is 12.8. The molecule has 2 aromatic rings. The Balaban J connectivity index is 2.40. The number of hydrogen-bond donors (Lipinski definition) is 1. The number of carboxylic acids is 1. The summed E-state index contributed by atoms with van der Waals surface area (Å²) < 4.78 is 24.5. The van der Waals surface area contributed by atoms with Gasteiger partial charge in [-0.25, -0.2) is 4.79 Å². The second-order valence-corrected chi connectivity index (χ2v) is 8.22. The fraction of sp³-hybridized carbons (Fsp3) is 0.400. The number of rotatable bonds is 7. The van der Waals surface area contributed by atoms with Gasteiger partial charge in [0.2, 0.25) is 0 Å². The lowest BCUT2D eigenvalue weighted by Gasteiger charge is -2.23. The van der Waals surface area contributed by atoms with Crippen molar-refractivity contribution in [1.82, 2.24) is 0 Å². The monoisotopic (exact) mass is 342 g/mol. The van der Waals surface area contributed by atoms with Gasteiger partial charge in [0.15, 0.2) is 0 Å². The molecule has 0 unspecified atom stereocenters. The Kier molecular flexibility index (Phi) is 5.40. The van der Waals surface area contributed by atoms with E-state index in [0.29, 0.717) is 13.2 Å². The summed E-state index contributed by atoms with van der Waals surface area (Å²) >= 11 is 1.22. The third kappa shape index (κ3) is 3.41. The predicted molar refractivity (Wildman–Crippen MR) is 88.1 cm³/mol. The van der Waals surface area contributed by atoms with E-state index in [1.165, 1.54) is 11.3 Å². The number of carboxylic acid groups (broad SMARTS) is 1. The Morgan fingerprint density at radius 1 is 1.27 bits per heavy atom. The first-order valence-electron chi connectivity index (χ1n) is 7.06. The Bertz CT molecular complexity index is 714. The maximum atomic E-state index is 12.8. The lowest BCUT2D eigenvalue weighted by atomic mass is 10.1. The zero-order valence-corrected chi connectivity index (χ0v) is 14.4. The largest absolute Gasteiger partial charge is 0.477 e. The average Bonchev–Trinajstić information content (AvgIpc) is 2.90. The van der Waals surface area contributed by atoms with Crippen LogP contribution in [-0.2, 0) is 13.6 Å². The molecule has 1 aromatic carbocycles. The smallest absolute Gasteiger partial charge is 0.345 e. The Labute approximate surface area is 133 Å². The van der Waals surface area contributed by atoms with Gasteiger partial charge in [0.1, 0.15) is 4.88 Å². The molecule has 2 rings (SSSR count). The summed E-state index contributed by atoms with van der Waals surface area (Å²) in [5.74, 6) is -0.940. The first-order chi connectivity index (χ1) is 10.4. The first-order valence-corrected chi connectivity index (χ1v) is 9.49. The molecule has 0 saturated heterocycles. The van der Waals surface area contributed by atoms with Crippen LogP contribution in [0.1, 0.15) is 41.7 Å². The van der Waals surface area contributed by atoms with Crippen LogP contribution >= 0.6 is 18.9 Å². The van der Waals surface area contributed by atoms with Gasteiger partial charge in [0, 0.05) is 4.70 Å². The number of thiophene rings is 1. The van der Waals surface area contributed by atoms with Crippen LogP contribution in [0.4, 0.5) is 0 Å². The van der Waals surface area contributed by atoms with Crippen LogP contribution in [0.2, 0.25) is 0 Å². The highest BCUT2D eigenvalue weighted by molar-refractivity contribution is 7.54. The summed E-state index contributed by atoms with van der Waals surface area (Å²) in [5, 5.41) is 9.88. The summed E-state index contributed by atoms with van der Waals surface area (Å²) in [6.07, 6.45) is 0. The van der Waals surface area contributed by atoms with Gasteiger partial charge in [-0.3, -0.25) is 4.57 Å². The van der Waals surface area contributed by atoms with Crippen LogP contribution in [0.3, 0.4) is 0 Å². The van der Waals surface area contributed by atoms with Gasteiger partial charge in [-0.2, -0.15) is 0 Å². The molecule has 120 valence electrons. The van der Waals surface area contributed by atoms with Crippen molar-refractivity contribution < 1.29 is 23.5 Å². The summed E-state index contributed by atoms with van der Waals surface area (Å²) in [7, 11) is -3.24. The minimum absolute atomic E-state index is 0.289. The molecule has 7 heteroatoms. The minimum atomic E-state index is -3.24. The van der Waals surface area contributed by atoms with Crippen LogP contribution in [0, 0.1) is 0 Å². The molecule has 1 aromatic heterocycles. The van der Waals surface area contributed by atoms with E-state index < -0.39 is 19.2 Å². The molecule has 1 heterocycles. The van der Waals surface area contributed by atoms with E-state index in [4.69, 9.17) is 14.2 Å². The Morgan fingerprint density at radius 2 is 1.91 bits per heavy atom. The molecule has 22 heavy (non-hydrogen) atoms. The van der Waals surface area contributed by atoms with Gasteiger partial charge in [-0.1, -0.05) is 6.07 Å². The molecule has 1 N–H and O–H groups in total. The van der Waals surface area contributed by atoms with Gasteiger partial charge >= 0.3 is 13.6 Å². The third-order valence-electron chi connectivity index (χ3n) is 3.33. The molecule has 1 atom stereocenters. The molecule has 0 aliphatic heterocycles. The molecule has 0 aliphatic carbocycles. The lowest BCUT2D eigenvalue weighted by Crippen LogP contribution is -2.03. The highest BCUT2D eigenvalue weighted by Crippen LogP contribution is 2.60. The zero-order chi connectivity index (χ0) is 16.3. The highest BCUT2D eigenvalue weighted by Gasteiger charge is 2.33. The van der Waals surface area contributed by atoms with Crippen molar-refractivity contribution in [3.63, 3.8) is 0 Å². The molecule has 0 aliphatic rings. The van der Waals surface area contributed by atoms with Crippen LogP contribution in [0.5, 0.6) is 0 Å². The predicted octanol–water partition coefficient (Wildman–Crippen LogP) is 4.93. The van der Waals surface area contributed by atoms with Crippen LogP contribution in [0.15, 0.2) is 24.3 Å². The van der Waals surface area contributed by atoms with Gasteiger partial charge in [0.25, 0.3) is 0 Å². The molecule has 0 fully saturated rings. The second-order valence-electron chi connectivity index (χ2n) is 4.76. The van der Waals surface area contributed by atoms with Gasteiger partial charge in [-0.15, -0.1) is 11.3 Å². The van der Waals surface area contributed by atoms with Crippen LogP contribution in [-0.4, -0.2) is 24.3 Å². The number of fused-ring (bicyclic) bond motifs is 1. The van der Waals surface area contributed by atoms with Crippen molar-refractivity contribution in [3.05, 3.63) is 34.7 Å². The molecular weight excluding hydrogens is 323 g/mol. The summed E-state index contributed by atoms with van der Waals surface area (Å²) in [4.78, 5) is 11.3. The van der Waals surface area contributed by atoms with Gasteiger partial charge in [-0.05, 0) is 49.9 Å². The molecule has 5 nitrogen and oxygen atoms in total. The molecule has 0 spiro atoms. The van der Waals surface area contributed by atoms with Crippen molar-refractivity contribution in [3.8, 4) is 0 Å². The SMILES string of the molecule is CCOP(=O)(OCC)[C@H](C)c1ccc2sc(C(=O)O)cc2c1. The Morgan fingerprint density at radius 3 is 2.45 bits per heavy atom. The molecule has 0 radical (unpaired) electrons. The number of benzene rings is 1. The van der Waals surface area contributed by atoms with Crippen LogP contribution < -0.4 is 0 Å². The second kappa shape index (κ2) is 6.92. The van der Waals surface area contributed by atoms with Crippen LogP contribution in [0.25, 0.3) is 10.1 Å². The number of aromatic carboxylic acids is 1. The van der Waals surface area contributed by atoms with Crippen molar-refractivity contribution in [2.24, 2.45) is 0 Å². The maximum Gasteiger partial charge on any atom is 0.345 e. The molecular formula is C15H19O5PS. The summed E-state index contributed by atoms with van der Waals surface area (Å²) in [5.41, 5.74) is 0.400. The Hall–Kier alpha value is -1.20. The van der Waals surface area contributed by atoms with Crippen molar-refractivity contribution >= 4 is 35.0 Å². The fourth-order valence-corrected chi connectivity index (χ4v) is 4.88. The van der Waals surface area contributed by atoms with E-state index in [9.17, 15) is 9.36 Å². The van der Waals surface area contributed by atoms with E-state index in [1.54, 1.807) is 26.8 Å². The van der Waals surface area contributed by atoms with E-state index >= 15 is 0 Å². The van der Waals surface area contributed by atoms with E-state index in [0.717, 1.165) is 15.6 Å². The first kappa shape index (κ1) is 17.2. The van der Waals surface area contributed by atoms with Crippen molar-refractivity contribution in [1.29, 1.82) is 0 Å². The van der Waals surface area contributed by atoms with Gasteiger partial charge < -0.3 is 14.2 Å². The quantitative estimate of drug-likeness (QED) is 0.723. The average molecular weight is 342 g/mol. The normalized spacial score (nSPS) is 13.4. The fourth-order valence-electron chi connectivity index (χ4n) is 2.23. The number of hydrogen-bond acceptors (Lipinski definition) is 5. The van der Waals surface area contributed by atoms with Gasteiger partial charge in [0.05, 0.1) is 18.9 Å². The van der Waals surface area contributed by atoms with E-state index in [-0.39, 0.29) is 4.88 Å². The van der Waals surface area contributed by atoms with E-state index in [1.807, 2.05) is 18.2 Å².